The van der Waals surface area contributed by atoms with E-state index in [1.165, 1.54) is 24.0 Å². The molecule has 0 saturated heterocycles. The van der Waals surface area contributed by atoms with Gasteiger partial charge in [0.15, 0.2) is 0 Å². The Bertz CT molecular complexity index is 206. The average Bonchev–Trinajstić information content (AvgIpc) is 2.34. The Morgan fingerprint density at radius 1 is 1.55 bits per heavy atom. The summed E-state index contributed by atoms with van der Waals surface area (Å²) in [6.07, 6.45) is 8.81. The molecule has 60 valence electrons. The van der Waals surface area contributed by atoms with Gasteiger partial charge in [-0.05, 0) is 36.8 Å². The predicted octanol–water partition coefficient (Wildman–Crippen LogP) is 3.48. The lowest BCUT2D eigenvalue weighted by Crippen LogP contribution is -1.88. The summed E-state index contributed by atoms with van der Waals surface area (Å²) in [6.45, 7) is 8.12. The fraction of sp³-hybridized carbons (Fsp3) is 0.455. The van der Waals surface area contributed by atoms with Gasteiger partial charge in [0, 0.05) is 0 Å². The van der Waals surface area contributed by atoms with Crippen LogP contribution in [0.2, 0.25) is 0 Å². The molecule has 1 saturated carbocycles. The van der Waals surface area contributed by atoms with Crippen LogP contribution in [-0.4, -0.2) is 0 Å². The molecule has 1 rings (SSSR count). The number of hydrogen-bond donors (Lipinski definition) is 0. The molecule has 0 aliphatic heterocycles. The molecule has 1 atom stereocenters. The van der Waals surface area contributed by atoms with Crippen molar-refractivity contribution in [2.24, 2.45) is 5.92 Å². The minimum absolute atomic E-state index is 0.735. The van der Waals surface area contributed by atoms with E-state index in [0.717, 1.165) is 5.92 Å². The highest BCUT2D eigenvalue weighted by atomic mass is 14.2. The molecule has 0 aromatic carbocycles. The maximum Gasteiger partial charge on any atom is -0.0185 e. The zero-order valence-corrected chi connectivity index (χ0v) is 7.43. The fourth-order valence-electron chi connectivity index (χ4n) is 1.70. The lowest BCUT2D eigenvalue weighted by atomic mass is 10.0. The van der Waals surface area contributed by atoms with Crippen molar-refractivity contribution < 1.29 is 0 Å². The SMILES string of the molecule is C=CC=C1/C(=C\C)CCC1C. The summed E-state index contributed by atoms with van der Waals surface area (Å²) < 4.78 is 0. The van der Waals surface area contributed by atoms with E-state index in [-0.39, 0.29) is 0 Å². The molecule has 1 unspecified atom stereocenters. The zero-order valence-electron chi connectivity index (χ0n) is 7.43. The van der Waals surface area contributed by atoms with E-state index < -0.39 is 0 Å². The van der Waals surface area contributed by atoms with Crippen molar-refractivity contribution in [3.8, 4) is 0 Å². The van der Waals surface area contributed by atoms with Gasteiger partial charge in [-0.25, -0.2) is 0 Å². The molecule has 0 nitrogen and oxygen atoms in total. The van der Waals surface area contributed by atoms with Gasteiger partial charge < -0.3 is 0 Å². The Labute approximate surface area is 69.3 Å². The minimum atomic E-state index is 0.735. The van der Waals surface area contributed by atoms with Crippen LogP contribution in [0.15, 0.2) is 36.0 Å². The monoisotopic (exact) mass is 148 g/mol. The van der Waals surface area contributed by atoms with E-state index in [1.54, 1.807) is 0 Å². The molecule has 1 aliphatic rings. The first-order chi connectivity index (χ1) is 5.29. The van der Waals surface area contributed by atoms with Crippen LogP contribution >= 0.6 is 0 Å². The highest BCUT2D eigenvalue weighted by Gasteiger charge is 2.19. The second kappa shape index (κ2) is 3.56. The Hall–Kier alpha value is -0.780. The third kappa shape index (κ3) is 1.62. The highest BCUT2D eigenvalue weighted by Crippen LogP contribution is 2.35. The van der Waals surface area contributed by atoms with Gasteiger partial charge in [0.2, 0.25) is 0 Å². The summed E-state index contributed by atoms with van der Waals surface area (Å²) in [4.78, 5) is 0. The lowest BCUT2D eigenvalue weighted by molar-refractivity contribution is 0.697. The second-order valence-corrected chi connectivity index (χ2v) is 3.11. The molecular formula is C11H16. The van der Waals surface area contributed by atoms with Gasteiger partial charge >= 0.3 is 0 Å². The maximum atomic E-state index is 3.72. The van der Waals surface area contributed by atoms with Crippen molar-refractivity contribution in [2.45, 2.75) is 26.7 Å². The fourth-order valence-corrected chi connectivity index (χ4v) is 1.70. The molecule has 1 aliphatic carbocycles. The van der Waals surface area contributed by atoms with Crippen molar-refractivity contribution in [1.29, 1.82) is 0 Å². The summed E-state index contributed by atoms with van der Waals surface area (Å²) in [5, 5.41) is 0. The first-order valence-electron chi connectivity index (χ1n) is 4.27. The van der Waals surface area contributed by atoms with Gasteiger partial charge in [0.25, 0.3) is 0 Å². The number of allylic oxidation sites excluding steroid dienone is 5. The molecule has 0 radical (unpaired) electrons. The van der Waals surface area contributed by atoms with E-state index in [2.05, 4.69) is 32.6 Å². The Morgan fingerprint density at radius 2 is 2.27 bits per heavy atom. The summed E-state index contributed by atoms with van der Waals surface area (Å²) in [6, 6.07) is 0. The molecule has 0 amide bonds. The Balaban J connectivity index is 2.88. The molecule has 0 aromatic rings. The normalized spacial score (nSPS) is 31.6. The van der Waals surface area contributed by atoms with Crippen LogP contribution in [0.4, 0.5) is 0 Å². The quantitative estimate of drug-likeness (QED) is 0.534. The molecule has 0 spiro atoms. The average molecular weight is 148 g/mol. The van der Waals surface area contributed by atoms with Crippen LogP contribution in [0.1, 0.15) is 26.7 Å². The molecule has 0 aromatic heterocycles. The van der Waals surface area contributed by atoms with Gasteiger partial charge in [-0.1, -0.05) is 31.7 Å². The van der Waals surface area contributed by atoms with Gasteiger partial charge in [0.1, 0.15) is 0 Å². The first-order valence-corrected chi connectivity index (χ1v) is 4.27. The highest BCUT2D eigenvalue weighted by molar-refractivity contribution is 5.38. The second-order valence-electron chi connectivity index (χ2n) is 3.11. The lowest BCUT2D eigenvalue weighted by Gasteiger charge is -2.03. The van der Waals surface area contributed by atoms with E-state index in [1.807, 2.05) is 6.08 Å². The van der Waals surface area contributed by atoms with Crippen LogP contribution in [0.25, 0.3) is 0 Å². The first kappa shape index (κ1) is 8.32. The smallest absolute Gasteiger partial charge is 0.0185 e. The summed E-state index contributed by atoms with van der Waals surface area (Å²) in [5.41, 5.74) is 3.00. The molecule has 0 heteroatoms. The van der Waals surface area contributed by atoms with Crippen molar-refractivity contribution >= 4 is 0 Å². The van der Waals surface area contributed by atoms with Gasteiger partial charge in [-0.15, -0.1) is 0 Å². The van der Waals surface area contributed by atoms with E-state index in [4.69, 9.17) is 0 Å². The van der Waals surface area contributed by atoms with Gasteiger partial charge in [-0.2, -0.15) is 0 Å². The van der Waals surface area contributed by atoms with E-state index >= 15 is 0 Å². The predicted molar refractivity (Wildman–Crippen MR) is 50.4 cm³/mol. The number of hydrogen-bond acceptors (Lipinski definition) is 0. The van der Waals surface area contributed by atoms with Crippen LogP contribution < -0.4 is 0 Å². The van der Waals surface area contributed by atoms with Crippen molar-refractivity contribution in [3.05, 3.63) is 36.0 Å². The molecular weight excluding hydrogens is 132 g/mol. The minimum Gasteiger partial charge on any atom is -0.0991 e. The third-order valence-electron chi connectivity index (χ3n) is 2.39. The maximum absolute atomic E-state index is 3.72. The molecule has 0 heterocycles. The molecule has 0 N–H and O–H groups in total. The topological polar surface area (TPSA) is 0 Å². The van der Waals surface area contributed by atoms with Crippen molar-refractivity contribution in [3.63, 3.8) is 0 Å². The Morgan fingerprint density at radius 3 is 2.82 bits per heavy atom. The van der Waals surface area contributed by atoms with Crippen LogP contribution in [0, 0.1) is 5.92 Å². The summed E-state index contributed by atoms with van der Waals surface area (Å²) in [7, 11) is 0. The third-order valence-corrected chi connectivity index (χ3v) is 2.39. The van der Waals surface area contributed by atoms with Crippen LogP contribution in [0.3, 0.4) is 0 Å². The largest absolute Gasteiger partial charge is 0.0991 e. The van der Waals surface area contributed by atoms with Gasteiger partial charge in [-0.3, -0.25) is 0 Å². The van der Waals surface area contributed by atoms with Crippen LogP contribution in [0.5, 0.6) is 0 Å². The van der Waals surface area contributed by atoms with E-state index in [9.17, 15) is 0 Å². The van der Waals surface area contributed by atoms with Gasteiger partial charge in [0.05, 0.1) is 0 Å². The van der Waals surface area contributed by atoms with E-state index in [0.29, 0.717) is 0 Å². The molecule has 1 fully saturated rings. The Kier molecular flexibility index (Phi) is 2.70. The zero-order chi connectivity index (χ0) is 8.27. The van der Waals surface area contributed by atoms with Crippen LogP contribution in [-0.2, 0) is 0 Å². The summed E-state index contributed by atoms with van der Waals surface area (Å²) >= 11 is 0. The number of rotatable bonds is 1. The standard InChI is InChI=1S/C11H16/c1-4-6-11-9(3)7-8-10(11)5-2/h4-6,9H,1,7-8H2,2-3H3/b10-5-,11-6?. The summed E-state index contributed by atoms with van der Waals surface area (Å²) in [5.74, 6) is 0.735. The van der Waals surface area contributed by atoms with Crippen molar-refractivity contribution in [1.82, 2.24) is 0 Å². The molecule has 11 heavy (non-hydrogen) atoms. The molecule has 0 bridgehead atoms. The van der Waals surface area contributed by atoms with Crippen molar-refractivity contribution in [2.75, 3.05) is 0 Å².